The molecule has 7 nitrogen and oxygen atoms in total. The highest BCUT2D eigenvalue weighted by Gasteiger charge is 2.22. The number of amides is 1. The third-order valence-electron chi connectivity index (χ3n) is 4.66. The van der Waals surface area contributed by atoms with Crippen LogP contribution in [0.3, 0.4) is 0 Å². The smallest absolute Gasteiger partial charge is 0.266 e. The fraction of sp³-hybridized carbons (Fsp3) is 0.333. The Morgan fingerprint density at radius 3 is 2.85 bits per heavy atom. The van der Waals surface area contributed by atoms with Gasteiger partial charge in [-0.25, -0.2) is 9.97 Å². The van der Waals surface area contributed by atoms with Crippen LogP contribution >= 0.6 is 23.7 Å². The van der Waals surface area contributed by atoms with Crippen molar-refractivity contribution in [3.8, 4) is 0 Å². The molecule has 0 saturated carbocycles. The molecular weight excluding hydrogens is 386 g/mol. The first-order valence-electron chi connectivity index (χ1n) is 8.60. The van der Waals surface area contributed by atoms with Crippen molar-refractivity contribution in [1.82, 2.24) is 14.5 Å². The highest BCUT2D eigenvalue weighted by Crippen LogP contribution is 2.29. The number of nitrogens with zero attached hydrogens (tertiary/aromatic N) is 3. The fourth-order valence-electron chi connectivity index (χ4n) is 3.29. The number of carbonyl (C=O) groups excluding carboxylic acids is 1. The topological polar surface area (TPSA) is 103 Å². The third kappa shape index (κ3) is 3.54. The summed E-state index contributed by atoms with van der Waals surface area (Å²) in [6, 6.07) is 3.32. The number of aryl methyl sites for hydroxylation is 2. The van der Waals surface area contributed by atoms with E-state index in [1.54, 1.807) is 16.7 Å². The molecule has 0 bridgehead atoms. The van der Waals surface area contributed by atoms with Gasteiger partial charge in [-0.1, -0.05) is 6.42 Å². The Hall–Kier alpha value is -2.45. The molecule has 0 spiro atoms. The van der Waals surface area contributed by atoms with Crippen LogP contribution in [0.1, 0.15) is 40.3 Å². The molecular formula is C18H20ClN5O2S. The number of thiophene rings is 1. The first kappa shape index (κ1) is 19.3. The van der Waals surface area contributed by atoms with Crippen molar-refractivity contribution >= 4 is 51.4 Å². The van der Waals surface area contributed by atoms with Crippen LogP contribution < -0.4 is 16.6 Å². The van der Waals surface area contributed by atoms with Gasteiger partial charge in [-0.05, 0) is 37.5 Å². The minimum absolute atomic E-state index is 0. The molecule has 3 aromatic heterocycles. The SMILES string of the molecule is Cc1c(C(=O)Nc2ccc(N)nc2)sc2nc3n(c(=O)c12)CCCCC3.Cl. The average Bonchev–Trinajstić information content (AvgIpc) is 2.80. The Labute approximate surface area is 166 Å². The molecule has 0 saturated heterocycles. The van der Waals surface area contributed by atoms with Gasteiger partial charge in [0.25, 0.3) is 11.5 Å². The van der Waals surface area contributed by atoms with Crippen molar-refractivity contribution in [2.75, 3.05) is 11.1 Å². The molecule has 27 heavy (non-hydrogen) atoms. The van der Waals surface area contributed by atoms with Crippen molar-refractivity contribution < 1.29 is 4.79 Å². The maximum atomic E-state index is 13.0. The highest BCUT2D eigenvalue weighted by atomic mass is 35.5. The van der Waals surface area contributed by atoms with Crippen molar-refractivity contribution in [3.63, 3.8) is 0 Å². The molecule has 0 unspecified atom stereocenters. The van der Waals surface area contributed by atoms with Gasteiger partial charge in [-0.2, -0.15) is 0 Å². The molecule has 3 aromatic rings. The van der Waals surface area contributed by atoms with Gasteiger partial charge in [0.05, 0.1) is 22.1 Å². The zero-order valence-corrected chi connectivity index (χ0v) is 16.5. The van der Waals surface area contributed by atoms with E-state index in [2.05, 4.69) is 10.3 Å². The number of halogens is 1. The Bertz CT molecular complexity index is 1060. The average molecular weight is 406 g/mol. The van der Waals surface area contributed by atoms with E-state index in [4.69, 9.17) is 10.7 Å². The van der Waals surface area contributed by atoms with Crippen molar-refractivity contribution in [1.29, 1.82) is 0 Å². The van der Waals surface area contributed by atoms with E-state index in [1.807, 2.05) is 6.92 Å². The van der Waals surface area contributed by atoms with Gasteiger partial charge in [0.1, 0.15) is 16.5 Å². The standard InChI is InChI=1S/C18H19N5O2S.ClH/c1-10-14-17(22-13-5-3-2-4-8-23(13)18(14)25)26-15(10)16(24)21-11-6-7-12(19)20-9-11;/h6-7,9H,2-5,8H2,1H3,(H2,19,20)(H,21,24);1H. The summed E-state index contributed by atoms with van der Waals surface area (Å²) in [5.74, 6) is 0.951. The van der Waals surface area contributed by atoms with Gasteiger partial charge < -0.3 is 11.1 Å². The van der Waals surface area contributed by atoms with Crippen LogP contribution in [-0.4, -0.2) is 20.4 Å². The normalized spacial score (nSPS) is 13.5. The van der Waals surface area contributed by atoms with E-state index in [0.29, 0.717) is 38.7 Å². The zero-order chi connectivity index (χ0) is 18.3. The molecule has 0 aliphatic carbocycles. The van der Waals surface area contributed by atoms with E-state index in [0.717, 1.165) is 31.5 Å². The fourth-order valence-corrected chi connectivity index (χ4v) is 4.38. The number of hydrogen-bond acceptors (Lipinski definition) is 6. The summed E-state index contributed by atoms with van der Waals surface area (Å²) in [5, 5.41) is 3.36. The Kier molecular flexibility index (Phi) is 5.48. The number of nitrogens with one attached hydrogen (secondary N) is 1. The number of pyridine rings is 1. The number of fused-ring (bicyclic) bond motifs is 2. The van der Waals surface area contributed by atoms with Gasteiger partial charge in [-0.15, -0.1) is 23.7 Å². The number of aromatic nitrogens is 3. The lowest BCUT2D eigenvalue weighted by Crippen LogP contribution is -2.24. The van der Waals surface area contributed by atoms with Crippen LogP contribution in [0, 0.1) is 6.92 Å². The van der Waals surface area contributed by atoms with Crippen LogP contribution in [0.2, 0.25) is 0 Å². The maximum Gasteiger partial charge on any atom is 0.266 e. The quantitative estimate of drug-likeness (QED) is 0.681. The van der Waals surface area contributed by atoms with Gasteiger partial charge in [0.15, 0.2) is 0 Å². The summed E-state index contributed by atoms with van der Waals surface area (Å²) in [4.78, 5) is 35.4. The van der Waals surface area contributed by atoms with E-state index in [1.165, 1.54) is 17.5 Å². The first-order chi connectivity index (χ1) is 12.5. The van der Waals surface area contributed by atoms with E-state index < -0.39 is 0 Å². The Balaban J connectivity index is 0.00000210. The zero-order valence-electron chi connectivity index (χ0n) is 14.8. The molecule has 0 fully saturated rings. The number of rotatable bonds is 2. The molecule has 4 rings (SSSR count). The van der Waals surface area contributed by atoms with E-state index in [-0.39, 0.29) is 23.9 Å². The summed E-state index contributed by atoms with van der Waals surface area (Å²) >= 11 is 1.27. The molecule has 4 heterocycles. The lowest BCUT2D eigenvalue weighted by atomic mass is 10.2. The number of nitrogen functional groups attached to an aromatic ring is 1. The van der Waals surface area contributed by atoms with Crippen molar-refractivity contribution in [2.45, 2.75) is 39.2 Å². The van der Waals surface area contributed by atoms with Crippen LogP contribution in [0.25, 0.3) is 10.2 Å². The number of nitrogens with two attached hydrogens (primary N) is 1. The minimum Gasteiger partial charge on any atom is -0.384 e. The maximum absolute atomic E-state index is 13.0. The number of carbonyl (C=O) groups is 1. The van der Waals surface area contributed by atoms with Crippen molar-refractivity contribution in [3.05, 3.63) is 44.9 Å². The van der Waals surface area contributed by atoms with E-state index >= 15 is 0 Å². The largest absolute Gasteiger partial charge is 0.384 e. The monoisotopic (exact) mass is 405 g/mol. The summed E-state index contributed by atoms with van der Waals surface area (Å²) in [7, 11) is 0. The second-order valence-corrected chi connectivity index (χ2v) is 7.46. The van der Waals surface area contributed by atoms with Crippen LogP contribution in [0.4, 0.5) is 11.5 Å². The Morgan fingerprint density at radius 2 is 2.11 bits per heavy atom. The second-order valence-electron chi connectivity index (χ2n) is 6.46. The van der Waals surface area contributed by atoms with Gasteiger partial charge >= 0.3 is 0 Å². The molecule has 1 amide bonds. The lowest BCUT2D eigenvalue weighted by molar-refractivity contribution is 0.103. The number of hydrogen-bond donors (Lipinski definition) is 2. The third-order valence-corrected chi connectivity index (χ3v) is 5.85. The second kappa shape index (κ2) is 7.66. The van der Waals surface area contributed by atoms with Gasteiger partial charge in [-0.3, -0.25) is 14.2 Å². The van der Waals surface area contributed by atoms with Gasteiger partial charge in [0, 0.05) is 13.0 Å². The summed E-state index contributed by atoms with van der Waals surface area (Å²) in [6.07, 6.45) is 5.45. The van der Waals surface area contributed by atoms with Crippen LogP contribution in [0.5, 0.6) is 0 Å². The molecule has 0 atom stereocenters. The van der Waals surface area contributed by atoms with E-state index in [9.17, 15) is 9.59 Å². The molecule has 1 aliphatic rings. The molecule has 0 radical (unpaired) electrons. The van der Waals surface area contributed by atoms with Gasteiger partial charge in [0.2, 0.25) is 0 Å². The predicted molar refractivity (Wildman–Crippen MR) is 110 cm³/mol. The summed E-state index contributed by atoms with van der Waals surface area (Å²) in [6.45, 7) is 2.51. The summed E-state index contributed by atoms with van der Waals surface area (Å²) < 4.78 is 1.78. The molecule has 142 valence electrons. The van der Waals surface area contributed by atoms with Crippen LogP contribution in [0.15, 0.2) is 23.1 Å². The Morgan fingerprint density at radius 1 is 1.30 bits per heavy atom. The summed E-state index contributed by atoms with van der Waals surface area (Å²) in [5.41, 5.74) is 6.77. The minimum atomic E-state index is -0.267. The highest BCUT2D eigenvalue weighted by molar-refractivity contribution is 7.20. The lowest BCUT2D eigenvalue weighted by Gasteiger charge is -2.08. The van der Waals surface area contributed by atoms with Crippen LogP contribution in [-0.2, 0) is 13.0 Å². The molecule has 3 N–H and O–H groups in total. The predicted octanol–water partition coefficient (Wildman–Crippen LogP) is 3.14. The van der Waals surface area contributed by atoms with Crippen molar-refractivity contribution in [2.24, 2.45) is 0 Å². The molecule has 0 aromatic carbocycles. The molecule has 1 aliphatic heterocycles. The first-order valence-corrected chi connectivity index (χ1v) is 9.42. The molecule has 9 heteroatoms. The number of anilines is 2.